The fourth-order valence-electron chi connectivity index (χ4n) is 2.59. The van der Waals surface area contributed by atoms with Gasteiger partial charge in [0.25, 0.3) is 0 Å². The number of nitrogens with zero attached hydrogens (tertiary/aromatic N) is 1. The van der Waals surface area contributed by atoms with Gasteiger partial charge in [-0.25, -0.2) is 22.2 Å². The number of nitrogens with one attached hydrogen (secondary N) is 2. The summed E-state index contributed by atoms with van der Waals surface area (Å²) in [4.78, 5) is 16.3. The Balaban J connectivity index is 2.13. The number of pyridine rings is 1. The van der Waals surface area contributed by atoms with Gasteiger partial charge < -0.3 is 10.1 Å². The van der Waals surface area contributed by atoms with Gasteiger partial charge in [0.2, 0.25) is 21.8 Å². The number of hydrogen-bond donors (Lipinski definition) is 2. The molecule has 1 aromatic carbocycles. The van der Waals surface area contributed by atoms with E-state index in [9.17, 15) is 22.0 Å². The summed E-state index contributed by atoms with van der Waals surface area (Å²) in [7, 11) is -3.72. The molecule has 0 aliphatic carbocycles. The summed E-state index contributed by atoms with van der Waals surface area (Å²) < 4.78 is 57.6. The normalized spacial score (nSPS) is 11.4. The van der Waals surface area contributed by atoms with Crippen LogP contribution in [0.15, 0.2) is 30.3 Å². The molecule has 1 amide bonds. The van der Waals surface area contributed by atoms with Crippen molar-refractivity contribution < 1.29 is 26.7 Å². The number of terminal acetylenes is 1. The van der Waals surface area contributed by atoms with Crippen LogP contribution in [0.25, 0.3) is 6.08 Å². The molecule has 7 nitrogen and oxygen atoms in total. The molecule has 10 heteroatoms. The molecule has 2 rings (SSSR count). The number of sulfonamides is 1. The molecule has 0 spiro atoms. The van der Waals surface area contributed by atoms with Crippen LogP contribution in [0.5, 0.6) is 5.88 Å². The molecule has 2 N–H and O–H groups in total. The molecule has 0 radical (unpaired) electrons. The Labute approximate surface area is 185 Å². The van der Waals surface area contributed by atoms with E-state index < -0.39 is 28.4 Å². The first kappa shape index (κ1) is 24.8. The number of hydrogen-bond acceptors (Lipinski definition) is 5. The van der Waals surface area contributed by atoms with Crippen LogP contribution in [0.2, 0.25) is 0 Å². The topological polar surface area (TPSA) is 97.4 Å². The van der Waals surface area contributed by atoms with Gasteiger partial charge in [-0.2, -0.15) is 0 Å². The van der Waals surface area contributed by atoms with Crippen molar-refractivity contribution in [2.45, 2.75) is 33.2 Å². The maximum Gasteiger partial charge on any atom is 0.244 e. The molecule has 1 aromatic heterocycles. The van der Waals surface area contributed by atoms with Gasteiger partial charge in [0.05, 0.1) is 29.3 Å². The molecule has 2 aromatic rings. The maximum absolute atomic E-state index is 14.3. The van der Waals surface area contributed by atoms with Crippen LogP contribution in [0.4, 0.5) is 14.5 Å². The number of carbonyl (C=O) groups excluding carboxylic acids is 1. The first-order valence-corrected chi connectivity index (χ1v) is 11.4. The van der Waals surface area contributed by atoms with E-state index in [1.807, 2.05) is 4.72 Å². The molecule has 0 bridgehead atoms. The van der Waals surface area contributed by atoms with Crippen LogP contribution < -0.4 is 14.8 Å². The number of anilines is 1. The minimum Gasteiger partial charge on any atom is -0.475 e. The Morgan fingerprint density at radius 1 is 1.34 bits per heavy atom. The first-order valence-electron chi connectivity index (χ1n) is 9.47. The van der Waals surface area contributed by atoms with Gasteiger partial charge in [-0.05, 0) is 49.8 Å². The smallest absolute Gasteiger partial charge is 0.244 e. The second kappa shape index (κ2) is 10.7. The van der Waals surface area contributed by atoms with Crippen molar-refractivity contribution in [1.82, 2.24) is 10.3 Å². The molecule has 170 valence electrons. The van der Waals surface area contributed by atoms with Crippen LogP contribution >= 0.6 is 0 Å². The molecule has 0 fully saturated rings. The fourth-order valence-corrected chi connectivity index (χ4v) is 3.17. The number of halogens is 2. The molecule has 0 aliphatic heterocycles. The van der Waals surface area contributed by atoms with E-state index in [1.165, 1.54) is 24.3 Å². The lowest BCUT2D eigenvalue weighted by molar-refractivity contribution is -0.116. The van der Waals surface area contributed by atoms with E-state index in [2.05, 4.69) is 16.2 Å². The Morgan fingerprint density at radius 2 is 2.06 bits per heavy atom. The van der Waals surface area contributed by atoms with Crippen molar-refractivity contribution in [3.63, 3.8) is 0 Å². The Kier molecular flexibility index (Phi) is 8.32. The highest BCUT2D eigenvalue weighted by Crippen LogP contribution is 2.23. The maximum atomic E-state index is 14.3. The van der Waals surface area contributed by atoms with Crippen molar-refractivity contribution in [2.75, 3.05) is 11.0 Å². The van der Waals surface area contributed by atoms with Gasteiger partial charge >= 0.3 is 0 Å². The van der Waals surface area contributed by atoms with E-state index in [1.54, 1.807) is 19.9 Å². The number of carbonyl (C=O) groups is 1. The molecule has 0 saturated heterocycles. The first-order chi connectivity index (χ1) is 15.0. The average molecular weight is 464 g/mol. The van der Waals surface area contributed by atoms with E-state index >= 15 is 0 Å². The summed E-state index contributed by atoms with van der Waals surface area (Å²) in [6, 6.07) is 5.55. The monoisotopic (exact) mass is 463 g/mol. The molecule has 0 saturated carbocycles. The van der Waals surface area contributed by atoms with Gasteiger partial charge in [0, 0.05) is 18.2 Å². The number of aromatic nitrogens is 1. The summed E-state index contributed by atoms with van der Waals surface area (Å²) in [5, 5.41) is 2.58. The Bertz CT molecular complexity index is 1170. The number of amides is 1. The summed E-state index contributed by atoms with van der Waals surface area (Å²) in [6.45, 7) is 2.80. The zero-order valence-electron chi connectivity index (χ0n) is 17.8. The molecule has 32 heavy (non-hydrogen) atoms. The zero-order chi connectivity index (χ0) is 23.9. The van der Waals surface area contributed by atoms with Crippen LogP contribution in [0, 0.1) is 18.2 Å². The zero-order valence-corrected chi connectivity index (χ0v) is 18.6. The van der Waals surface area contributed by atoms with Crippen molar-refractivity contribution in [2.24, 2.45) is 0 Å². The lowest BCUT2D eigenvalue weighted by Crippen LogP contribution is -2.21. The molecule has 0 unspecified atom stereocenters. The minimum absolute atomic E-state index is 0.00437. The predicted molar refractivity (Wildman–Crippen MR) is 118 cm³/mol. The molecule has 1 heterocycles. The van der Waals surface area contributed by atoms with Crippen molar-refractivity contribution in [3.05, 3.63) is 58.5 Å². The largest absolute Gasteiger partial charge is 0.475 e. The van der Waals surface area contributed by atoms with E-state index in [0.29, 0.717) is 11.1 Å². The van der Waals surface area contributed by atoms with Gasteiger partial charge in [0.1, 0.15) is 12.5 Å². The third-order valence-electron chi connectivity index (χ3n) is 3.91. The van der Waals surface area contributed by atoms with Gasteiger partial charge in [-0.3, -0.25) is 9.52 Å². The molecule has 0 atom stereocenters. The summed E-state index contributed by atoms with van der Waals surface area (Å²) in [6.07, 6.45) is 8.74. The summed E-state index contributed by atoms with van der Waals surface area (Å²) in [5.41, 5.74) is 0.718. The molecular weight excluding hydrogens is 440 g/mol. The Morgan fingerprint density at radius 3 is 2.66 bits per heavy atom. The van der Waals surface area contributed by atoms with Crippen LogP contribution in [0.1, 0.15) is 36.2 Å². The number of alkyl halides is 1. The van der Waals surface area contributed by atoms with Gasteiger partial charge in [0.15, 0.2) is 0 Å². The SMILES string of the molecule is C#Cc1cc(CNC(=O)/C=C/c2ccc(CF)nc2OC(C)C)cc(F)c1NS(C)(=O)=O. The van der Waals surface area contributed by atoms with E-state index in [0.717, 1.165) is 12.3 Å². The average Bonchev–Trinajstić information content (AvgIpc) is 2.71. The summed E-state index contributed by atoms with van der Waals surface area (Å²) in [5.74, 6) is 1.08. The molecular formula is C22H23F2N3O4S. The third-order valence-corrected chi connectivity index (χ3v) is 4.48. The predicted octanol–water partition coefficient (Wildman–Crippen LogP) is 3.16. The second-order valence-corrected chi connectivity index (χ2v) is 8.82. The second-order valence-electron chi connectivity index (χ2n) is 7.07. The fraction of sp³-hybridized carbons (Fsp3) is 0.273. The molecule has 0 aliphatic rings. The van der Waals surface area contributed by atoms with E-state index in [-0.39, 0.29) is 35.5 Å². The highest BCUT2D eigenvalue weighted by atomic mass is 32.2. The quantitative estimate of drug-likeness (QED) is 0.440. The standard InChI is InChI=1S/C22H23F2N3O4S/c1-5-16-10-15(11-19(24)21(16)27-32(4,29)30)13-25-20(28)9-7-17-6-8-18(12-23)26-22(17)31-14(2)3/h1,6-11,14,27H,12-13H2,2-4H3,(H,25,28)/b9-7+. The number of benzene rings is 1. The van der Waals surface area contributed by atoms with Crippen molar-refractivity contribution in [3.8, 4) is 18.2 Å². The summed E-state index contributed by atoms with van der Waals surface area (Å²) >= 11 is 0. The number of ether oxygens (including phenoxy) is 1. The van der Waals surface area contributed by atoms with Crippen LogP contribution in [-0.2, 0) is 28.0 Å². The Hall–Kier alpha value is -3.45. The highest BCUT2D eigenvalue weighted by Gasteiger charge is 2.14. The third kappa shape index (κ3) is 7.35. The van der Waals surface area contributed by atoms with Crippen LogP contribution in [-0.4, -0.2) is 31.7 Å². The lowest BCUT2D eigenvalue weighted by Gasteiger charge is -2.12. The van der Waals surface area contributed by atoms with Gasteiger partial charge in [-0.15, -0.1) is 6.42 Å². The highest BCUT2D eigenvalue weighted by molar-refractivity contribution is 7.92. The van der Waals surface area contributed by atoms with Crippen LogP contribution in [0.3, 0.4) is 0 Å². The minimum atomic E-state index is -3.72. The lowest BCUT2D eigenvalue weighted by atomic mass is 10.1. The number of rotatable bonds is 9. The van der Waals surface area contributed by atoms with Crippen molar-refractivity contribution >= 4 is 27.7 Å². The van der Waals surface area contributed by atoms with E-state index in [4.69, 9.17) is 11.2 Å². The van der Waals surface area contributed by atoms with Crippen molar-refractivity contribution in [1.29, 1.82) is 0 Å². The van der Waals surface area contributed by atoms with Gasteiger partial charge in [-0.1, -0.05) is 5.92 Å².